The maximum Gasteiger partial charge on any atom is 0.322 e. The summed E-state index contributed by atoms with van der Waals surface area (Å²) in [4.78, 5) is 22.1. The molecule has 0 saturated carbocycles. The smallest absolute Gasteiger partial charge is 0.322 e. The Morgan fingerprint density at radius 1 is 1.29 bits per heavy atom. The number of benzene rings is 1. The molecule has 0 spiro atoms. The van der Waals surface area contributed by atoms with Crippen molar-refractivity contribution in [3.63, 3.8) is 0 Å². The molecule has 7 nitrogen and oxygen atoms in total. The van der Waals surface area contributed by atoms with Gasteiger partial charge in [0.1, 0.15) is 6.04 Å². The molecule has 1 aromatic rings. The highest BCUT2D eigenvalue weighted by Gasteiger charge is 2.24. The number of hydrogen-bond acceptors (Lipinski definition) is 5. The van der Waals surface area contributed by atoms with Crippen LogP contribution in [0.2, 0.25) is 0 Å². The Morgan fingerprint density at radius 2 is 1.90 bits per heavy atom. The first-order valence-corrected chi connectivity index (χ1v) is 7.83. The van der Waals surface area contributed by atoms with Gasteiger partial charge >= 0.3 is 11.9 Å². The second kappa shape index (κ2) is 7.75. The molecule has 8 heteroatoms. The number of hydrogen-bond donors (Lipinski definition) is 2. The van der Waals surface area contributed by atoms with E-state index < -0.39 is 33.8 Å². The van der Waals surface area contributed by atoms with E-state index in [1.807, 2.05) is 0 Å². The van der Waals surface area contributed by atoms with E-state index >= 15 is 0 Å². The van der Waals surface area contributed by atoms with Crippen LogP contribution in [-0.4, -0.2) is 44.4 Å². The highest BCUT2D eigenvalue weighted by Crippen LogP contribution is 2.05. The number of ether oxygens (including phenoxy) is 1. The maximum absolute atomic E-state index is 11.8. The van der Waals surface area contributed by atoms with Crippen LogP contribution in [0.25, 0.3) is 0 Å². The van der Waals surface area contributed by atoms with Gasteiger partial charge in [0.25, 0.3) is 0 Å². The Bertz CT molecular complexity index is 584. The topological polar surface area (TPSA) is 110 Å². The summed E-state index contributed by atoms with van der Waals surface area (Å²) in [5, 5.41) is 9.10. The zero-order valence-corrected chi connectivity index (χ0v) is 12.3. The van der Waals surface area contributed by atoms with E-state index in [-0.39, 0.29) is 12.8 Å². The van der Waals surface area contributed by atoms with Gasteiger partial charge in [-0.25, -0.2) is 13.1 Å². The Labute approximate surface area is 123 Å². The Kier molecular flexibility index (Phi) is 6.32. The molecule has 1 atom stereocenters. The largest absolute Gasteiger partial charge is 0.480 e. The van der Waals surface area contributed by atoms with E-state index in [1.165, 1.54) is 0 Å². The van der Waals surface area contributed by atoms with Crippen molar-refractivity contribution in [1.82, 2.24) is 4.72 Å². The average Bonchev–Trinajstić information content (AvgIpc) is 2.45. The standard InChI is InChI=1S/C13H17NO6S/c1-20-12(15)7-8-21(18,19)14-11(13(16)17)9-10-5-3-2-4-6-10/h2-6,11,14H,7-9H2,1H3,(H,16,17)/t11-/m0/s1. The van der Waals surface area contributed by atoms with Gasteiger partial charge in [0.05, 0.1) is 19.3 Å². The zero-order chi connectivity index (χ0) is 15.9. The van der Waals surface area contributed by atoms with Crippen molar-refractivity contribution in [3.8, 4) is 0 Å². The molecule has 0 amide bonds. The van der Waals surface area contributed by atoms with Gasteiger partial charge in [-0.05, 0) is 12.0 Å². The van der Waals surface area contributed by atoms with E-state index in [4.69, 9.17) is 5.11 Å². The van der Waals surface area contributed by atoms with Gasteiger partial charge in [0.15, 0.2) is 0 Å². The van der Waals surface area contributed by atoms with Crippen LogP contribution in [0.3, 0.4) is 0 Å². The summed E-state index contributed by atoms with van der Waals surface area (Å²) in [6.45, 7) is 0. The number of carbonyl (C=O) groups is 2. The lowest BCUT2D eigenvalue weighted by atomic mass is 10.1. The average molecular weight is 315 g/mol. The number of nitrogens with one attached hydrogen (secondary N) is 1. The first-order chi connectivity index (χ1) is 9.84. The van der Waals surface area contributed by atoms with Crippen molar-refractivity contribution in [2.75, 3.05) is 12.9 Å². The monoisotopic (exact) mass is 315 g/mol. The minimum absolute atomic E-state index is 0.0215. The van der Waals surface area contributed by atoms with Crippen molar-refractivity contribution in [1.29, 1.82) is 0 Å². The van der Waals surface area contributed by atoms with Crippen LogP contribution in [0.5, 0.6) is 0 Å². The van der Waals surface area contributed by atoms with Gasteiger partial charge in [0.2, 0.25) is 10.0 Å². The summed E-state index contributed by atoms with van der Waals surface area (Å²) < 4.78 is 30.0. The van der Waals surface area contributed by atoms with Crippen molar-refractivity contribution in [3.05, 3.63) is 35.9 Å². The highest BCUT2D eigenvalue weighted by atomic mass is 32.2. The van der Waals surface area contributed by atoms with Gasteiger partial charge < -0.3 is 9.84 Å². The summed E-state index contributed by atoms with van der Waals surface area (Å²) in [7, 11) is -2.73. The lowest BCUT2D eigenvalue weighted by Crippen LogP contribution is -2.43. The molecule has 0 aliphatic rings. The van der Waals surface area contributed by atoms with Crippen molar-refractivity contribution < 1.29 is 27.9 Å². The minimum Gasteiger partial charge on any atom is -0.480 e. The third-order valence-electron chi connectivity index (χ3n) is 2.71. The lowest BCUT2D eigenvalue weighted by Gasteiger charge is -2.14. The highest BCUT2D eigenvalue weighted by molar-refractivity contribution is 7.89. The van der Waals surface area contributed by atoms with Crippen LogP contribution in [0.15, 0.2) is 30.3 Å². The molecule has 0 unspecified atom stereocenters. The van der Waals surface area contributed by atoms with Crippen LogP contribution in [0.4, 0.5) is 0 Å². The predicted molar refractivity (Wildman–Crippen MR) is 75.1 cm³/mol. The van der Waals surface area contributed by atoms with Crippen molar-refractivity contribution in [2.45, 2.75) is 18.9 Å². The third kappa shape index (κ3) is 6.37. The summed E-state index contributed by atoms with van der Waals surface area (Å²) in [6, 6.07) is 7.38. The van der Waals surface area contributed by atoms with Crippen LogP contribution in [-0.2, 0) is 30.8 Å². The summed E-state index contributed by atoms with van der Waals surface area (Å²) >= 11 is 0. The van der Waals surface area contributed by atoms with E-state index in [9.17, 15) is 18.0 Å². The number of methoxy groups -OCH3 is 1. The van der Waals surface area contributed by atoms with E-state index in [0.717, 1.165) is 7.11 Å². The van der Waals surface area contributed by atoms with Gasteiger partial charge in [-0.2, -0.15) is 0 Å². The Balaban J connectivity index is 2.70. The molecule has 0 heterocycles. The molecule has 0 aromatic heterocycles. The number of rotatable bonds is 8. The number of esters is 1. The second-order valence-corrected chi connectivity index (χ2v) is 6.22. The Hall–Kier alpha value is -1.93. The minimum atomic E-state index is -3.88. The van der Waals surface area contributed by atoms with Crippen molar-refractivity contribution in [2.24, 2.45) is 0 Å². The molecule has 1 aromatic carbocycles. The fourth-order valence-corrected chi connectivity index (χ4v) is 2.80. The molecule has 21 heavy (non-hydrogen) atoms. The van der Waals surface area contributed by atoms with Crippen LogP contribution >= 0.6 is 0 Å². The first kappa shape index (κ1) is 17.1. The van der Waals surface area contributed by atoms with Crippen molar-refractivity contribution >= 4 is 22.0 Å². The van der Waals surface area contributed by atoms with E-state index in [0.29, 0.717) is 5.56 Å². The molecule has 0 radical (unpaired) electrons. The fourth-order valence-electron chi connectivity index (χ4n) is 1.62. The lowest BCUT2D eigenvalue weighted by molar-refractivity contribution is -0.140. The molecular weight excluding hydrogens is 298 g/mol. The quantitative estimate of drug-likeness (QED) is 0.662. The molecule has 2 N–H and O–H groups in total. The first-order valence-electron chi connectivity index (χ1n) is 6.17. The van der Waals surface area contributed by atoms with Gasteiger partial charge in [-0.15, -0.1) is 0 Å². The molecule has 0 fully saturated rings. The third-order valence-corrected chi connectivity index (χ3v) is 4.09. The predicted octanol–water partition coefficient (Wildman–Crippen LogP) is 0.165. The normalized spacial score (nSPS) is 12.6. The maximum atomic E-state index is 11.8. The van der Waals surface area contributed by atoms with E-state index in [1.54, 1.807) is 30.3 Å². The molecule has 0 aliphatic heterocycles. The summed E-state index contributed by atoms with van der Waals surface area (Å²) in [6.07, 6.45) is -0.308. The molecule has 0 saturated heterocycles. The fraction of sp³-hybridized carbons (Fsp3) is 0.385. The second-order valence-electron chi connectivity index (χ2n) is 4.34. The van der Waals surface area contributed by atoms with E-state index in [2.05, 4.69) is 9.46 Å². The zero-order valence-electron chi connectivity index (χ0n) is 11.5. The molecule has 0 aliphatic carbocycles. The van der Waals surface area contributed by atoms with Gasteiger partial charge in [-0.1, -0.05) is 30.3 Å². The summed E-state index contributed by atoms with van der Waals surface area (Å²) in [5.41, 5.74) is 0.695. The molecule has 1 rings (SSSR count). The van der Waals surface area contributed by atoms with Gasteiger partial charge in [0, 0.05) is 0 Å². The Morgan fingerprint density at radius 3 is 2.43 bits per heavy atom. The van der Waals surface area contributed by atoms with Crippen LogP contribution in [0.1, 0.15) is 12.0 Å². The summed E-state index contributed by atoms with van der Waals surface area (Å²) in [5.74, 6) is -2.46. The molecule has 0 bridgehead atoms. The molecular formula is C13H17NO6S. The number of carboxylic acids is 1. The molecule has 116 valence electrons. The van der Waals surface area contributed by atoms with Crippen LogP contribution in [0, 0.1) is 0 Å². The SMILES string of the molecule is COC(=O)CCS(=O)(=O)N[C@@H](Cc1ccccc1)C(=O)O. The number of sulfonamides is 1. The number of carbonyl (C=O) groups excluding carboxylic acids is 1. The number of carboxylic acid groups (broad SMARTS) is 1. The number of aliphatic carboxylic acids is 1. The van der Waals surface area contributed by atoms with Gasteiger partial charge in [-0.3, -0.25) is 9.59 Å². The van der Waals surface area contributed by atoms with Crippen LogP contribution < -0.4 is 4.72 Å².